The highest BCUT2D eigenvalue weighted by molar-refractivity contribution is 5.93. The molecule has 0 fully saturated rings. The molecule has 0 radical (unpaired) electrons. The van der Waals surface area contributed by atoms with Crippen molar-refractivity contribution in [3.8, 4) is 0 Å². The first-order valence-electron chi connectivity index (χ1n) is 5.98. The molecule has 0 aliphatic heterocycles. The number of carbonyl (C=O) groups is 1. The van der Waals surface area contributed by atoms with Crippen LogP contribution in [0.25, 0.3) is 0 Å². The van der Waals surface area contributed by atoms with Crippen molar-refractivity contribution in [1.29, 1.82) is 0 Å². The molecular weight excluding hydrogens is 281 g/mol. The third kappa shape index (κ3) is 5.18. The number of halogens is 3. The summed E-state index contributed by atoms with van der Waals surface area (Å²) in [6.45, 7) is 7.03. The molecule has 0 bridgehead atoms. The number of hydrogen-bond acceptors (Lipinski definition) is 2. The number of nitrogens with two attached hydrogens (primary N) is 1. The second-order valence-electron chi connectivity index (χ2n) is 4.25. The van der Waals surface area contributed by atoms with Gasteiger partial charge in [-0.15, -0.1) is 0 Å². The van der Waals surface area contributed by atoms with Crippen LogP contribution >= 0.6 is 0 Å². The average molecular weight is 296 g/mol. The van der Waals surface area contributed by atoms with E-state index in [0.29, 0.717) is 5.57 Å². The monoisotopic (exact) mass is 296 g/mol. The first-order valence-corrected chi connectivity index (χ1v) is 5.98. The van der Waals surface area contributed by atoms with Gasteiger partial charge in [0.1, 0.15) is 0 Å². The van der Waals surface area contributed by atoms with Crippen LogP contribution < -0.4 is 11.1 Å². The molecule has 1 aromatic carbocycles. The number of alkyl halides is 3. The molecule has 0 heterocycles. The molecule has 0 unspecified atom stereocenters. The van der Waals surface area contributed by atoms with E-state index in [1.54, 1.807) is 6.08 Å². The van der Waals surface area contributed by atoms with Crippen molar-refractivity contribution in [2.24, 2.45) is 0 Å². The van der Waals surface area contributed by atoms with Gasteiger partial charge in [-0.2, -0.15) is 13.2 Å². The smallest absolute Gasteiger partial charge is 0.399 e. The fraction of sp³-hybridized carbons (Fsp3) is 0.133. The normalized spacial score (nSPS) is 11.9. The lowest BCUT2D eigenvalue weighted by molar-refractivity contribution is -0.137. The lowest BCUT2D eigenvalue weighted by Gasteiger charge is -2.11. The zero-order valence-electron chi connectivity index (χ0n) is 11.2. The lowest BCUT2D eigenvalue weighted by atomic mass is 10.1. The Morgan fingerprint density at radius 1 is 1.29 bits per heavy atom. The first kappa shape index (κ1) is 16.6. The third-order valence-corrected chi connectivity index (χ3v) is 2.53. The predicted octanol–water partition coefficient (Wildman–Crippen LogP) is 3.91. The van der Waals surface area contributed by atoms with Gasteiger partial charge in [0.05, 0.1) is 12.0 Å². The molecule has 6 heteroatoms. The molecule has 21 heavy (non-hydrogen) atoms. The molecule has 0 saturated carbocycles. The summed E-state index contributed by atoms with van der Waals surface area (Å²) in [6.07, 6.45) is 0.0109. The average Bonchev–Trinajstić information content (AvgIpc) is 2.36. The summed E-state index contributed by atoms with van der Waals surface area (Å²) in [5.74, 6) is -0.471. The number of allylic oxidation sites excluding steroid dienone is 3. The van der Waals surface area contributed by atoms with E-state index in [1.807, 2.05) is 0 Å². The Morgan fingerprint density at radius 2 is 1.95 bits per heavy atom. The van der Waals surface area contributed by atoms with E-state index < -0.39 is 17.6 Å². The molecule has 0 aliphatic carbocycles. The highest BCUT2D eigenvalue weighted by Crippen LogP contribution is 2.32. The SMILES string of the molecule is C=C/C=C(\C=C)CC(=O)Nc1cc(N)cc(C(F)(F)F)c1. The maximum atomic E-state index is 12.6. The minimum Gasteiger partial charge on any atom is -0.399 e. The Kier molecular flexibility index (Phi) is 5.35. The van der Waals surface area contributed by atoms with Crippen LogP contribution in [0.4, 0.5) is 24.5 Å². The van der Waals surface area contributed by atoms with Crippen LogP contribution in [0.5, 0.6) is 0 Å². The molecule has 0 atom stereocenters. The molecule has 1 rings (SSSR count). The number of benzene rings is 1. The summed E-state index contributed by atoms with van der Waals surface area (Å²) in [5.41, 5.74) is 5.02. The van der Waals surface area contributed by atoms with Crippen LogP contribution in [0.1, 0.15) is 12.0 Å². The van der Waals surface area contributed by atoms with E-state index in [4.69, 9.17) is 5.73 Å². The number of rotatable bonds is 5. The maximum absolute atomic E-state index is 12.6. The van der Waals surface area contributed by atoms with Crippen LogP contribution in [0, 0.1) is 0 Å². The van der Waals surface area contributed by atoms with Crippen molar-refractivity contribution in [3.05, 3.63) is 60.7 Å². The molecule has 0 spiro atoms. The Hall–Kier alpha value is -2.50. The second-order valence-corrected chi connectivity index (χ2v) is 4.25. The Morgan fingerprint density at radius 3 is 2.48 bits per heavy atom. The van der Waals surface area contributed by atoms with Crippen molar-refractivity contribution in [1.82, 2.24) is 0 Å². The molecule has 1 aromatic rings. The van der Waals surface area contributed by atoms with Gasteiger partial charge >= 0.3 is 6.18 Å². The van der Waals surface area contributed by atoms with Gasteiger partial charge in [-0.1, -0.05) is 31.4 Å². The fourth-order valence-corrected chi connectivity index (χ4v) is 1.63. The first-order chi connectivity index (χ1) is 9.76. The van der Waals surface area contributed by atoms with Gasteiger partial charge in [0.2, 0.25) is 5.91 Å². The second kappa shape index (κ2) is 6.78. The summed E-state index contributed by atoms with van der Waals surface area (Å²) in [5, 5.41) is 2.38. The number of nitrogen functional groups attached to an aromatic ring is 1. The van der Waals surface area contributed by atoms with Crippen LogP contribution in [0.2, 0.25) is 0 Å². The van der Waals surface area contributed by atoms with Gasteiger partial charge in [0.15, 0.2) is 0 Å². The molecule has 3 nitrogen and oxygen atoms in total. The molecule has 112 valence electrons. The van der Waals surface area contributed by atoms with Gasteiger partial charge in [-0.05, 0) is 23.8 Å². The number of carbonyl (C=O) groups excluding carboxylic acids is 1. The number of anilines is 2. The van der Waals surface area contributed by atoms with Crippen LogP contribution in [0.15, 0.2) is 55.2 Å². The van der Waals surface area contributed by atoms with Gasteiger partial charge in [-0.25, -0.2) is 0 Å². The van der Waals surface area contributed by atoms with Gasteiger partial charge < -0.3 is 11.1 Å². The fourth-order valence-electron chi connectivity index (χ4n) is 1.63. The standard InChI is InChI=1S/C15H15F3N2O/c1-3-5-10(4-2)6-14(21)20-13-8-11(15(16,17)18)7-12(19)9-13/h3-5,7-9H,1-2,6,19H2,(H,20,21)/b10-5+. The Labute approximate surface area is 120 Å². The Bertz CT molecular complexity index is 589. The molecule has 1 amide bonds. The summed E-state index contributed by atoms with van der Waals surface area (Å²) in [6, 6.07) is 2.90. The van der Waals surface area contributed by atoms with E-state index in [2.05, 4.69) is 18.5 Å². The highest BCUT2D eigenvalue weighted by Gasteiger charge is 2.31. The van der Waals surface area contributed by atoms with Crippen LogP contribution in [0.3, 0.4) is 0 Å². The molecule has 0 aromatic heterocycles. The van der Waals surface area contributed by atoms with Gasteiger partial charge in [0, 0.05) is 11.4 Å². The molecule has 0 saturated heterocycles. The van der Waals surface area contributed by atoms with E-state index in [-0.39, 0.29) is 17.8 Å². The van der Waals surface area contributed by atoms with Crippen molar-refractivity contribution in [3.63, 3.8) is 0 Å². The number of amides is 1. The maximum Gasteiger partial charge on any atom is 0.416 e. The van der Waals surface area contributed by atoms with Crippen molar-refractivity contribution >= 4 is 17.3 Å². The number of hydrogen-bond donors (Lipinski definition) is 2. The molecule has 0 aliphatic rings. The molecular formula is C15H15F3N2O. The summed E-state index contributed by atoms with van der Waals surface area (Å²) in [7, 11) is 0. The quantitative estimate of drug-likeness (QED) is 0.639. The molecule has 3 N–H and O–H groups in total. The highest BCUT2D eigenvalue weighted by atomic mass is 19.4. The van der Waals surface area contributed by atoms with E-state index in [1.165, 1.54) is 18.2 Å². The van der Waals surface area contributed by atoms with Crippen LogP contribution in [-0.2, 0) is 11.0 Å². The van der Waals surface area contributed by atoms with E-state index >= 15 is 0 Å². The number of nitrogens with one attached hydrogen (secondary N) is 1. The third-order valence-electron chi connectivity index (χ3n) is 2.53. The summed E-state index contributed by atoms with van der Waals surface area (Å²) in [4.78, 5) is 11.8. The van der Waals surface area contributed by atoms with Crippen LogP contribution in [-0.4, -0.2) is 5.91 Å². The summed E-state index contributed by atoms with van der Waals surface area (Å²) < 4.78 is 37.9. The Balaban J connectivity index is 2.90. The van der Waals surface area contributed by atoms with Crippen molar-refractivity contribution in [2.75, 3.05) is 11.1 Å². The zero-order chi connectivity index (χ0) is 16.0. The minimum atomic E-state index is -4.52. The van der Waals surface area contributed by atoms with Crippen molar-refractivity contribution < 1.29 is 18.0 Å². The largest absolute Gasteiger partial charge is 0.416 e. The lowest BCUT2D eigenvalue weighted by Crippen LogP contribution is -2.13. The van der Waals surface area contributed by atoms with Gasteiger partial charge in [-0.3, -0.25) is 4.79 Å². The zero-order valence-corrected chi connectivity index (χ0v) is 11.2. The summed E-state index contributed by atoms with van der Waals surface area (Å²) >= 11 is 0. The van der Waals surface area contributed by atoms with Gasteiger partial charge in [0.25, 0.3) is 0 Å². The van der Waals surface area contributed by atoms with Crippen molar-refractivity contribution in [2.45, 2.75) is 12.6 Å². The van der Waals surface area contributed by atoms with E-state index in [0.717, 1.165) is 12.1 Å². The minimum absolute atomic E-state index is 0.00524. The topological polar surface area (TPSA) is 55.1 Å². The van der Waals surface area contributed by atoms with E-state index in [9.17, 15) is 18.0 Å². The predicted molar refractivity (Wildman–Crippen MR) is 77.6 cm³/mol.